The van der Waals surface area contributed by atoms with Crippen LogP contribution in [0.1, 0.15) is 15.9 Å². The molecule has 0 spiro atoms. The number of benzene rings is 1. The minimum absolute atomic E-state index is 0.110. The number of nitrogens with two attached hydrogens (primary N) is 1. The van der Waals surface area contributed by atoms with Gasteiger partial charge in [0.15, 0.2) is 11.6 Å². The first-order chi connectivity index (χ1) is 12.2. The minimum Gasteiger partial charge on any atom is -0.503 e. The van der Waals surface area contributed by atoms with Crippen LogP contribution >= 0.6 is 0 Å². The maximum Gasteiger partial charge on any atom is 0.254 e. The molecular formula is C13H6B6FN3O4. The summed E-state index contributed by atoms with van der Waals surface area (Å²) in [4.78, 5) is 37.9. The van der Waals surface area contributed by atoms with E-state index in [2.05, 4.69) is 0 Å². The molecule has 2 heterocycles. The number of phenolic OH excluding ortho intramolecular Hbond substituents is 1. The second-order valence-electron chi connectivity index (χ2n) is 6.52. The molecule has 2 aliphatic heterocycles. The van der Waals surface area contributed by atoms with Gasteiger partial charge in [0.05, 0.1) is 42.5 Å². The Kier molecular flexibility index (Phi) is 3.90. The van der Waals surface area contributed by atoms with Crippen LogP contribution in [0, 0.1) is 5.82 Å². The SMILES string of the molecule is [B]c1c(F)c(O)c(N)c2c1C(=O)N([C@]1([B])C(=O)NC(=O)C([B])([B])C1([B])[B])C2. The van der Waals surface area contributed by atoms with Gasteiger partial charge in [0.25, 0.3) is 5.91 Å². The van der Waals surface area contributed by atoms with Crippen LogP contribution in [-0.4, -0.2) is 80.2 Å². The van der Waals surface area contributed by atoms with Crippen LogP contribution in [0.2, 0.25) is 10.4 Å². The maximum absolute atomic E-state index is 14.0. The van der Waals surface area contributed by atoms with Crippen molar-refractivity contribution in [3.05, 3.63) is 16.9 Å². The van der Waals surface area contributed by atoms with E-state index in [-0.39, 0.29) is 5.56 Å². The summed E-state index contributed by atoms with van der Waals surface area (Å²) in [5, 5.41) is 6.30. The Morgan fingerprint density at radius 1 is 1.11 bits per heavy atom. The van der Waals surface area contributed by atoms with Crippen LogP contribution in [0.4, 0.5) is 10.1 Å². The highest BCUT2D eigenvalue weighted by molar-refractivity contribution is 6.66. The summed E-state index contributed by atoms with van der Waals surface area (Å²) in [5.41, 5.74) is 1.25. The number of rotatable bonds is 1. The standard InChI is InChI=1S/C13H6B6FN3O4/c14-4-3-2(6(21)7(24)5(4)20)1-23(8(3)25)12(17)10(27)22-9(26)11(15,16)13(12,18)19/h24H,1,21H2,(H,22,26,27)/t12-/m1/s1. The smallest absolute Gasteiger partial charge is 0.254 e. The van der Waals surface area contributed by atoms with Crippen LogP contribution < -0.4 is 16.5 Å². The number of hydrogen-bond acceptors (Lipinski definition) is 5. The zero-order chi connectivity index (χ0) is 20.7. The number of nitrogens with one attached hydrogen (secondary N) is 1. The molecule has 0 unspecified atom stereocenters. The molecule has 14 heteroatoms. The monoisotopic (exact) mass is 353 g/mol. The van der Waals surface area contributed by atoms with E-state index in [0.717, 1.165) is 0 Å². The van der Waals surface area contributed by atoms with Gasteiger partial charge < -0.3 is 15.7 Å². The highest BCUT2D eigenvalue weighted by Gasteiger charge is 2.63. The van der Waals surface area contributed by atoms with Crippen molar-refractivity contribution in [3.63, 3.8) is 0 Å². The molecule has 1 saturated heterocycles. The maximum atomic E-state index is 14.0. The van der Waals surface area contributed by atoms with Gasteiger partial charge in [-0.15, -0.1) is 0 Å². The fourth-order valence-electron chi connectivity index (χ4n) is 3.19. The summed E-state index contributed by atoms with van der Waals surface area (Å²) < 4.78 is 14.0. The van der Waals surface area contributed by atoms with Gasteiger partial charge in [-0.05, 0) is 10.7 Å². The average Bonchev–Trinajstić information content (AvgIpc) is 2.93. The zero-order valence-electron chi connectivity index (χ0n) is 13.7. The summed E-state index contributed by atoms with van der Waals surface area (Å²) in [7, 11) is 34.7. The van der Waals surface area contributed by atoms with E-state index in [9.17, 15) is 23.9 Å². The van der Waals surface area contributed by atoms with Gasteiger partial charge in [0.1, 0.15) is 15.7 Å². The van der Waals surface area contributed by atoms with Gasteiger partial charge in [-0.1, -0.05) is 5.21 Å². The van der Waals surface area contributed by atoms with Gasteiger partial charge in [-0.3, -0.25) is 19.7 Å². The van der Waals surface area contributed by atoms with Gasteiger partial charge in [0.2, 0.25) is 11.8 Å². The number of amides is 3. The molecular weight excluding hydrogens is 346 g/mol. The minimum atomic E-state index is -2.65. The molecule has 0 saturated carbocycles. The van der Waals surface area contributed by atoms with Crippen molar-refractivity contribution in [3.8, 4) is 5.75 Å². The lowest BCUT2D eigenvalue weighted by atomic mass is 9.21. The molecule has 1 aromatic rings. The summed E-state index contributed by atoms with van der Waals surface area (Å²) >= 11 is 0. The molecule has 0 aliphatic carbocycles. The van der Waals surface area contributed by atoms with Crippen molar-refractivity contribution >= 4 is 75.9 Å². The predicted molar refractivity (Wildman–Crippen MR) is 97.8 cm³/mol. The first-order valence-corrected chi connectivity index (χ1v) is 7.41. The van der Waals surface area contributed by atoms with E-state index in [4.69, 9.17) is 52.8 Å². The Hall–Kier alpha value is -2.25. The van der Waals surface area contributed by atoms with E-state index in [1.807, 2.05) is 0 Å². The number of carbonyl (C=O) groups excluding carboxylic acids is 3. The van der Waals surface area contributed by atoms with Crippen LogP contribution in [0.5, 0.6) is 5.75 Å². The van der Waals surface area contributed by atoms with Gasteiger partial charge in [-0.2, -0.15) is 0 Å². The number of carbonyl (C=O) groups is 3. The number of hydrogen-bond donors (Lipinski definition) is 3. The lowest BCUT2D eigenvalue weighted by Crippen LogP contribution is -2.75. The molecule has 27 heavy (non-hydrogen) atoms. The van der Waals surface area contributed by atoms with Gasteiger partial charge >= 0.3 is 0 Å². The number of anilines is 1. The third-order valence-electron chi connectivity index (χ3n) is 5.06. The van der Waals surface area contributed by atoms with Crippen molar-refractivity contribution < 1.29 is 23.9 Å². The Morgan fingerprint density at radius 2 is 1.67 bits per heavy atom. The Labute approximate surface area is 161 Å². The third kappa shape index (κ3) is 2.07. The summed E-state index contributed by atoms with van der Waals surface area (Å²) in [5.74, 6) is -5.86. The summed E-state index contributed by atoms with van der Waals surface area (Å²) in [6, 6.07) is 0. The number of imide groups is 1. The van der Waals surface area contributed by atoms with Crippen molar-refractivity contribution in [2.24, 2.45) is 0 Å². The quantitative estimate of drug-likeness (QED) is 0.208. The largest absolute Gasteiger partial charge is 0.503 e. The van der Waals surface area contributed by atoms with Crippen molar-refractivity contribution in [1.29, 1.82) is 0 Å². The number of nitrogens with zero attached hydrogens (tertiary/aromatic N) is 1. The molecule has 0 bridgehead atoms. The normalized spacial score (nSPS) is 26.0. The molecule has 122 valence electrons. The van der Waals surface area contributed by atoms with Crippen molar-refractivity contribution in [1.82, 2.24) is 10.2 Å². The molecule has 1 atom stereocenters. The molecule has 3 amide bonds. The van der Waals surface area contributed by atoms with E-state index >= 15 is 0 Å². The fourth-order valence-corrected chi connectivity index (χ4v) is 3.19. The second kappa shape index (κ2) is 5.39. The average molecular weight is 352 g/mol. The number of fused-ring (bicyclic) bond motifs is 1. The first-order valence-electron chi connectivity index (χ1n) is 7.41. The fraction of sp³-hybridized carbons (Fsp3) is 0.308. The van der Waals surface area contributed by atoms with Crippen LogP contribution in [0.25, 0.3) is 0 Å². The lowest BCUT2D eigenvalue weighted by Gasteiger charge is -2.60. The summed E-state index contributed by atoms with van der Waals surface area (Å²) in [6.45, 7) is -0.539. The van der Waals surface area contributed by atoms with E-state index < -0.39 is 68.4 Å². The topological polar surface area (TPSA) is 113 Å². The Bertz CT molecular complexity index is 939. The van der Waals surface area contributed by atoms with Crippen LogP contribution in [0.3, 0.4) is 0 Å². The predicted octanol–water partition coefficient (Wildman–Crippen LogP) is -3.71. The van der Waals surface area contributed by atoms with E-state index in [1.165, 1.54) is 0 Å². The first kappa shape index (κ1) is 19.5. The van der Waals surface area contributed by atoms with E-state index in [1.54, 1.807) is 5.32 Å². The lowest BCUT2D eigenvalue weighted by molar-refractivity contribution is -0.140. The number of aromatic hydroxyl groups is 1. The third-order valence-corrected chi connectivity index (χ3v) is 5.06. The molecule has 0 aromatic heterocycles. The van der Waals surface area contributed by atoms with Crippen LogP contribution in [0.15, 0.2) is 0 Å². The number of piperidine rings is 1. The number of halogens is 1. The molecule has 12 radical (unpaired) electrons. The molecule has 7 nitrogen and oxygen atoms in total. The Balaban J connectivity index is 2.22. The van der Waals surface area contributed by atoms with Crippen molar-refractivity contribution in [2.45, 2.75) is 22.4 Å². The van der Waals surface area contributed by atoms with Gasteiger partial charge in [0, 0.05) is 17.7 Å². The Morgan fingerprint density at radius 3 is 2.22 bits per heavy atom. The number of nitrogen functional groups attached to an aromatic ring is 1. The molecule has 1 fully saturated rings. The zero-order valence-corrected chi connectivity index (χ0v) is 13.7. The van der Waals surface area contributed by atoms with E-state index in [0.29, 0.717) is 4.90 Å². The highest BCUT2D eigenvalue weighted by Crippen LogP contribution is 2.55. The van der Waals surface area contributed by atoms with Crippen LogP contribution in [-0.2, 0) is 16.1 Å². The highest BCUT2D eigenvalue weighted by atomic mass is 19.1. The molecule has 4 N–H and O–H groups in total. The molecule has 3 rings (SSSR count). The van der Waals surface area contributed by atoms with Crippen molar-refractivity contribution in [2.75, 3.05) is 5.73 Å². The number of phenols is 1. The molecule has 2 aliphatic rings. The summed E-state index contributed by atoms with van der Waals surface area (Å²) in [6.07, 6.45) is 0. The van der Waals surface area contributed by atoms with Gasteiger partial charge in [-0.25, -0.2) is 4.39 Å². The molecule has 1 aromatic carbocycles. The second-order valence-corrected chi connectivity index (χ2v) is 6.52.